The molecule has 2 heterocycles. The molecule has 0 fully saturated rings. The molecule has 32 heavy (non-hydrogen) atoms. The fraction of sp³-hybridized carbons (Fsp3) is 0.250. The average molecular weight is 441 g/mol. The van der Waals surface area contributed by atoms with Gasteiger partial charge in [0.2, 0.25) is 0 Å². The Hall–Kier alpha value is -3.55. The van der Waals surface area contributed by atoms with Crippen LogP contribution >= 0.6 is 0 Å². The van der Waals surface area contributed by atoms with Gasteiger partial charge in [0, 0.05) is 50.3 Å². The first kappa shape index (κ1) is 21.7. The number of alkyl halides is 3. The molecule has 1 amide bonds. The van der Waals surface area contributed by atoms with Crippen molar-refractivity contribution in [2.75, 3.05) is 11.9 Å². The molecule has 1 aliphatic heterocycles. The Morgan fingerprint density at radius 1 is 1.06 bits per heavy atom. The quantitative estimate of drug-likeness (QED) is 0.535. The molecular weight excluding hydrogens is 419 g/mol. The highest BCUT2D eigenvalue weighted by atomic mass is 19.4. The molecule has 0 atom stereocenters. The van der Waals surface area contributed by atoms with E-state index in [9.17, 15) is 18.0 Å². The van der Waals surface area contributed by atoms with Gasteiger partial charge in [0.05, 0.1) is 0 Å². The van der Waals surface area contributed by atoms with Crippen molar-refractivity contribution in [3.8, 4) is 5.75 Å². The van der Waals surface area contributed by atoms with E-state index in [0.717, 1.165) is 27.9 Å². The number of aryl methyl sites for hydroxylation is 1. The summed E-state index contributed by atoms with van der Waals surface area (Å²) in [5.41, 5.74) is 5.43. The number of rotatable bonds is 6. The summed E-state index contributed by atoms with van der Waals surface area (Å²) in [6.07, 6.45) is -1.21. The average Bonchev–Trinajstić information content (AvgIpc) is 3.05. The van der Waals surface area contributed by atoms with Crippen LogP contribution in [0.4, 0.5) is 18.9 Å². The Bertz CT molecular complexity index is 1120. The summed E-state index contributed by atoms with van der Waals surface area (Å²) in [6, 6.07) is 13.6. The summed E-state index contributed by atoms with van der Waals surface area (Å²) in [5, 5.41) is 0. The second kappa shape index (κ2) is 8.53. The second-order valence-electron chi connectivity index (χ2n) is 7.86. The molecule has 0 bridgehead atoms. The maximum Gasteiger partial charge on any atom is 0.573 e. The van der Waals surface area contributed by atoms with Crippen LogP contribution in [0.5, 0.6) is 5.75 Å². The maximum atomic E-state index is 13.0. The molecule has 3 aromatic rings. The van der Waals surface area contributed by atoms with Gasteiger partial charge in [0.1, 0.15) is 5.75 Å². The number of anilines is 1. The van der Waals surface area contributed by atoms with Crippen LogP contribution in [-0.2, 0) is 19.6 Å². The number of ether oxygens (including phenoxy) is 1. The number of aromatic nitrogens is 1. The first-order valence-electron chi connectivity index (χ1n) is 10.1. The standard InChI is InChI=1S/C24H22F3N3O2/c1-16-11-20(29(2)13-18-7-9-28-10-8-18)12-19-15-30(23(31)22(16)19)14-17-3-5-21(6-4-17)32-24(25,26)27/h3-12H,13-15H2,1-2H3. The lowest BCUT2D eigenvalue weighted by molar-refractivity contribution is -0.274. The summed E-state index contributed by atoms with van der Waals surface area (Å²) in [5.74, 6) is -0.355. The van der Waals surface area contributed by atoms with Gasteiger partial charge in [-0.1, -0.05) is 12.1 Å². The number of hydrogen-bond acceptors (Lipinski definition) is 4. The molecule has 1 aliphatic rings. The lowest BCUT2D eigenvalue weighted by Crippen LogP contribution is -2.23. The highest BCUT2D eigenvalue weighted by Gasteiger charge is 2.32. The minimum atomic E-state index is -4.73. The van der Waals surface area contributed by atoms with Gasteiger partial charge in [-0.05, 0) is 65.6 Å². The number of hydrogen-bond donors (Lipinski definition) is 0. The Balaban J connectivity index is 1.48. The summed E-state index contributed by atoms with van der Waals surface area (Å²) >= 11 is 0. The van der Waals surface area contributed by atoms with Gasteiger partial charge in [-0.3, -0.25) is 9.78 Å². The molecule has 0 N–H and O–H groups in total. The van der Waals surface area contributed by atoms with Gasteiger partial charge in [-0.25, -0.2) is 0 Å². The molecule has 1 aromatic heterocycles. The van der Waals surface area contributed by atoms with E-state index in [-0.39, 0.29) is 11.7 Å². The predicted molar refractivity (Wildman–Crippen MR) is 114 cm³/mol. The molecule has 0 saturated heterocycles. The van der Waals surface area contributed by atoms with Crippen molar-refractivity contribution in [1.82, 2.24) is 9.88 Å². The zero-order valence-corrected chi connectivity index (χ0v) is 17.7. The lowest BCUT2D eigenvalue weighted by Gasteiger charge is -2.21. The van der Waals surface area contributed by atoms with Gasteiger partial charge in [0.15, 0.2) is 0 Å². The Kier molecular flexibility index (Phi) is 5.78. The van der Waals surface area contributed by atoms with Crippen LogP contribution in [0.25, 0.3) is 0 Å². The van der Waals surface area contributed by atoms with Gasteiger partial charge in [0.25, 0.3) is 5.91 Å². The first-order valence-corrected chi connectivity index (χ1v) is 10.1. The molecule has 4 rings (SSSR count). The van der Waals surface area contributed by atoms with E-state index in [4.69, 9.17) is 0 Å². The third kappa shape index (κ3) is 4.85. The van der Waals surface area contributed by atoms with Crippen molar-refractivity contribution in [2.24, 2.45) is 0 Å². The van der Waals surface area contributed by atoms with Crippen molar-refractivity contribution in [1.29, 1.82) is 0 Å². The molecule has 166 valence electrons. The fourth-order valence-electron chi connectivity index (χ4n) is 3.92. The fourth-order valence-corrected chi connectivity index (χ4v) is 3.92. The van der Waals surface area contributed by atoms with Crippen molar-refractivity contribution >= 4 is 11.6 Å². The summed E-state index contributed by atoms with van der Waals surface area (Å²) in [4.78, 5) is 20.8. The predicted octanol–water partition coefficient (Wildman–Crippen LogP) is 5.08. The largest absolute Gasteiger partial charge is 0.573 e. The number of pyridine rings is 1. The Morgan fingerprint density at radius 3 is 2.41 bits per heavy atom. The second-order valence-corrected chi connectivity index (χ2v) is 7.86. The van der Waals surface area contributed by atoms with Crippen LogP contribution in [-0.4, -0.2) is 29.2 Å². The van der Waals surface area contributed by atoms with Crippen molar-refractivity contribution < 1.29 is 22.7 Å². The SMILES string of the molecule is Cc1cc(N(C)Cc2ccncc2)cc2c1C(=O)N(Cc1ccc(OC(F)(F)F)cc1)C2. The number of nitrogens with zero attached hydrogens (tertiary/aromatic N) is 3. The molecule has 0 spiro atoms. The third-order valence-corrected chi connectivity index (χ3v) is 5.40. The molecule has 0 saturated carbocycles. The number of benzene rings is 2. The van der Waals surface area contributed by atoms with Crippen molar-refractivity contribution in [2.45, 2.75) is 32.9 Å². The minimum Gasteiger partial charge on any atom is -0.406 e. The number of amides is 1. The van der Waals surface area contributed by atoms with Gasteiger partial charge in [-0.2, -0.15) is 0 Å². The summed E-state index contributed by atoms with van der Waals surface area (Å²) in [7, 11) is 2.00. The van der Waals surface area contributed by atoms with Crippen molar-refractivity contribution in [3.05, 3.63) is 88.7 Å². The molecule has 2 aromatic carbocycles. The minimum absolute atomic E-state index is 0.0727. The number of carbonyl (C=O) groups excluding carboxylic acids is 1. The third-order valence-electron chi connectivity index (χ3n) is 5.40. The van der Waals surface area contributed by atoms with Gasteiger partial charge >= 0.3 is 6.36 Å². The summed E-state index contributed by atoms with van der Waals surface area (Å²) < 4.78 is 40.9. The molecule has 5 nitrogen and oxygen atoms in total. The topological polar surface area (TPSA) is 45.7 Å². The molecule has 0 aliphatic carbocycles. The molecule has 0 radical (unpaired) electrons. The Labute approximate surface area is 184 Å². The van der Waals surface area contributed by atoms with Crippen molar-refractivity contribution in [3.63, 3.8) is 0 Å². The zero-order valence-electron chi connectivity index (χ0n) is 17.7. The highest BCUT2D eigenvalue weighted by molar-refractivity contribution is 6.00. The highest BCUT2D eigenvalue weighted by Crippen LogP contribution is 2.32. The number of carbonyl (C=O) groups is 1. The van der Waals surface area contributed by atoms with Gasteiger partial charge < -0.3 is 14.5 Å². The van der Waals surface area contributed by atoms with E-state index in [2.05, 4.69) is 14.6 Å². The normalized spacial score (nSPS) is 13.3. The van der Waals surface area contributed by atoms with Crippen LogP contribution in [0, 0.1) is 6.92 Å². The first-order chi connectivity index (χ1) is 15.2. The van der Waals surface area contributed by atoms with Crippen LogP contribution < -0.4 is 9.64 Å². The molecule has 8 heteroatoms. The van der Waals surface area contributed by atoms with Crippen LogP contribution in [0.15, 0.2) is 60.9 Å². The Morgan fingerprint density at radius 2 is 1.75 bits per heavy atom. The summed E-state index contributed by atoms with van der Waals surface area (Å²) in [6.45, 7) is 3.40. The maximum absolute atomic E-state index is 13.0. The molecular formula is C24H22F3N3O2. The van der Waals surface area contributed by atoms with E-state index < -0.39 is 6.36 Å². The van der Waals surface area contributed by atoms with E-state index in [1.807, 2.05) is 38.2 Å². The molecule has 0 unspecified atom stereocenters. The van der Waals surface area contributed by atoms with Crippen LogP contribution in [0.1, 0.15) is 32.6 Å². The van der Waals surface area contributed by atoms with E-state index in [1.54, 1.807) is 17.3 Å². The van der Waals surface area contributed by atoms with E-state index in [1.165, 1.54) is 24.3 Å². The monoisotopic (exact) mass is 441 g/mol. The van der Waals surface area contributed by atoms with Gasteiger partial charge in [-0.15, -0.1) is 13.2 Å². The smallest absolute Gasteiger partial charge is 0.406 e. The number of halogens is 3. The zero-order chi connectivity index (χ0) is 22.9. The van der Waals surface area contributed by atoms with E-state index >= 15 is 0 Å². The van der Waals surface area contributed by atoms with Crippen LogP contribution in [0.3, 0.4) is 0 Å². The van der Waals surface area contributed by atoms with Crippen LogP contribution in [0.2, 0.25) is 0 Å². The lowest BCUT2D eigenvalue weighted by atomic mass is 10.0. The van der Waals surface area contributed by atoms with E-state index in [0.29, 0.717) is 25.2 Å². The number of fused-ring (bicyclic) bond motifs is 1.